The van der Waals surface area contributed by atoms with E-state index in [0.717, 1.165) is 5.56 Å². The van der Waals surface area contributed by atoms with Crippen molar-refractivity contribution >= 4 is 5.69 Å². The number of anilines is 1. The van der Waals surface area contributed by atoms with Gasteiger partial charge < -0.3 is 10.1 Å². The van der Waals surface area contributed by atoms with Crippen LogP contribution in [0, 0.1) is 0 Å². The van der Waals surface area contributed by atoms with Crippen LogP contribution in [-0.4, -0.2) is 11.3 Å². The minimum atomic E-state index is -4.67. The van der Waals surface area contributed by atoms with E-state index in [1.807, 2.05) is 19.1 Å². The largest absolute Gasteiger partial charge is 0.573 e. The fourth-order valence-electron chi connectivity index (χ4n) is 1.72. The molecule has 1 unspecified atom stereocenters. The molecular weight excluding hydrogens is 269 g/mol. The van der Waals surface area contributed by atoms with Crippen LogP contribution in [0.15, 0.2) is 48.8 Å². The fraction of sp³-hybridized carbons (Fsp3) is 0.214. The van der Waals surface area contributed by atoms with Gasteiger partial charge in [0.2, 0.25) is 0 Å². The van der Waals surface area contributed by atoms with E-state index in [-0.39, 0.29) is 11.8 Å². The zero-order chi connectivity index (χ0) is 14.6. The molecule has 1 heterocycles. The first-order valence-electron chi connectivity index (χ1n) is 5.96. The molecule has 0 aliphatic carbocycles. The zero-order valence-corrected chi connectivity index (χ0v) is 10.7. The van der Waals surface area contributed by atoms with E-state index in [9.17, 15) is 13.2 Å². The molecule has 0 bridgehead atoms. The maximum absolute atomic E-state index is 12.0. The number of hydrogen-bond donors (Lipinski definition) is 1. The lowest BCUT2D eigenvalue weighted by Gasteiger charge is -2.16. The van der Waals surface area contributed by atoms with Gasteiger partial charge in [0.1, 0.15) is 5.75 Å². The van der Waals surface area contributed by atoms with Gasteiger partial charge in [-0.2, -0.15) is 0 Å². The van der Waals surface area contributed by atoms with Gasteiger partial charge in [-0.1, -0.05) is 6.07 Å². The quantitative estimate of drug-likeness (QED) is 0.914. The first kappa shape index (κ1) is 14.2. The Labute approximate surface area is 114 Å². The van der Waals surface area contributed by atoms with Gasteiger partial charge >= 0.3 is 6.36 Å². The Morgan fingerprint density at radius 2 is 1.85 bits per heavy atom. The van der Waals surface area contributed by atoms with Crippen molar-refractivity contribution in [3.63, 3.8) is 0 Å². The molecule has 1 aromatic heterocycles. The average Bonchev–Trinajstić information content (AvgIpc) is 2.40. The second-order valence-corrected chi connectivity index (χ2v) is 4.22. The Morgan fingerprint density at radius 3 is 2.40 bits per heavy atom. The number of benzene rings is 1. The van der Waals surface area contributed by atoms with Crippen molar-refractivity contribution < 1.29 is 17.9 Å². The summed E-state index contributed by atoms with van der Waals surface area (Å²) in [6, 6.07) is 9.36. The number of rotatable bonds is 4. The lowest BCUT2D eigenvalue weighted by atomic mass is 10.1. The highest BCUT2D eigenvalue weighted by Gasteiger charge is 2.30. The molecule has 3 nitrogen and oxygen atoms in total. The lowest BCUT2D eigenvalue weighted by molar-refractivity contribution is -0.274. The molecule has 106 valence electrons. The van der Waals surface area contributed by atoms with Crippen LogP contribution in [0.1, 0.15) is 18.5 Å². The molecule has 6 heteroatoms. The molecule has 20 heavy (non-hydrogen) atoms. The number of ether oxygens (including phenoxy) is 1. The predicted molar refractivity (Wildman–Crippen MR) is 69.4 cm³/mol. The van der Waals surface area contributed by atoms with Crippen molar-refractivity contribution in [1.82, 2.24) is 4.98 Å². The molecule has 0 radical (unpaired) electrons. The van der Waals surface area contributed by atoms with Crippen LogP contribution in [0.4, 0.5) is 18.9 Å². The molecule has 0 aliphatic rings. The van der Waals surface area contributed by atoms with Crippen molar-refractivity contribution in [1.29, 1.82) is 0 Å². The fourth-order valence-corrected chi connectivity index (χ4v) is 1.72. The highest BCUT2D eigenvalue weighted by Crippen LogP contribution is 2.25. The molecule has 0 spiro atoms. The van der Waals surface area contributed by atoms with Crippen LogP contribution in [0.5, 0.6) is 5.75 Å². The molecule has 2 rings (SSSR count). The predicted octanol–water partition coefficient (Wildman–Crippen LogP) is 4.15. The third-order valence-electron chi connectivity index (χ3n) is 2.66. The van der Waals surface area contributed by atoms with Crippen LogP contribution in [0.3, 0.4) is 0 Å². The molecule has 1 atom stereocenters. The summed E-state index contributed by atoms with van der Waals surface area (Å²) in [6.07, 6.45) is -1.25. The Balaban J connectivity index is 2.00. The zero-order valence-electron chi connectivity index (χ0n) is 10.7. The minimum absolute atomic E-state index is 0.00177. The first-order valence-corrected chi connectivity index (χ1v) is 5.96. The van der Waals surface area contributed by atoms with Gasteiger partial charge in [-0.15, -0.1) is 13.2 Å². The number of nitrogens with one attached hydrogen (secondary N) is 1. The van der Waals surface area contributed by atoms with Crippen molar-refractivity contribution in [3.8, 4) is 5.75 Å². The summed E-state index contributed by atoms with van der Waals surface area (Å²) in [7, 11) is 0. The van der Waals surface area contributed by atoms with Crippen LogP contribution >= 0.6 is 0 Å². The molecule has 0 fully saturated rings. The first-order chi connectivity index (χ1) is 9.44. The van der Waals surface area contributed by atoms with E-state index >= 15 is 0 Å². The third-order valence-corrected chi connectivity index (χ3v) is 2.66. The van der Waals surface area contributed by atoms with Crippen LogP contribution in [0.2, 0.25) is 0 Å². The second kappa shape index (κ2) is 5.81. The van der Waals surface area contributed by atoms with Gasteiger partial charge in [0.25, 0.3) is 0 Å². The van der Waals surface area contributed by atoms with Gasteiger partial charge in [-0.05, 0) is 42.8 Å². The topological polar surface area (TPSA) is 34.1 Å². The van der Waals surface area contributed by atoms with Crippen molar-refractivity contribution in [2.75, 3.05) is 5.32 Å². The normalized spacial score (nSPS) is 12.8. The van der Waals surface area contributed by atoms with E-state index < -0.39 is 6.36 Å². The Kier molecular flexibility index (Phi) is 4.12. The van der Waals surface area contributed by atoms with Gasteiger partial charge in [0.15, 0.2) is 0 Å². The van der Waals surface area contributed by atoms with Crippen molar-refractivity contribution in [2.45, 2.75) is 19.3 Å². The Hall–Kier alpha value is -2.24. The highest BCUT2D eigenvalue weighted by molar-refractivity contribution is 5.48. The highest BCUT2D eigenvalue weighted by atomic mass is 19.4. The molecule has 2 aromatic rings. The molecular formula is C14H13F3N2O. The van der Waals surface area contributed by atoms with E-state index in [1.165, 1.54) is 24.3 Å². The molecule has 0 saturated carbocycles. The number of pyridine rings is 1. The Morgan fingerprint density at radius 1 is 1.15 bits per heavy atom. The van der Waals surface area contributed by atoms with Gasteiger partial charge in [0.05, 0.1) is 6.04 Å². The SMILES string of the molecule is CC(Nc1ccc(OC(F)(F)F)cc1)c1cccnc1. The van der Waals surface area contributed by atoms with E-state index in [4.69, 9.17) is 0 Å². The summed E-state index contributed by atoms with van der Waals surface area (Å²) in [6.45, 7) is 1.94. The average molecular weight is 282 g/mol. The number of aromatic nitrogens is 1. The molecule has 1 N–H and O–H groups in total. The third kappa shape index (κ3) is 4.15. The summed E-state index contributed by atoms with van der Waals surface area (Å²) < 4.78 is 39.9. The summed E-state index contributed by atoms with van der Waals surface area (Å²) in [5.41, 5.74) is 1.69. The van der Waals surface area contributed by atoms with Crippen LogP contribution < -0.4 is 10.1 Å². The molecule has 1 aromatic carbocycles. The lowest BCUT2D eigenvalue weighted by Crippen LogP contribution is -2.17. The van der Waals surface area contributed by atoms with Gasteiger partial charge in [0, 0.05) is 18.1 Å². The van der Waals surface area contributed by atoms with Crippen molar-refractivity contribution in [3.05, 3.63) is 54.4 Å². The summed E-state index contributed by atoms with van der Waals surface area (Å²) in [5, 5.41) is 3.17. The van der Waals surface area contributed by atoms with Crippen LogP contribution in [-0.2, 0) is 0 Å². The number of hydrogen-bond acceptors (Lipinski definition) is 3. The summed E-state index contributed by atoms with van der Waals surface area (Å²) in [4.78, 5) is 4.02. The Bertz CT molecular complexity index is 541. The summed E-state index contributed by atoms with van der Waals surface area (Å²) in [5.74, 6) is -0.239. The van der Waals surface area contributed by atoms with Crippen molar-refractivity contribution in [2.24, 2.45) is 0 Å². The number of alkyl halides is 3. The molecule has 0 saturated heterocycles. The maximum Gasteiger partial charge on any atom is 0.573 e. The molecule has 0 aliphatic heterocycles. The van der Waals surface area contributed by atoms with Crippen LogP contribution in [0.25, 0.3) is 0 Å². The number of nitrogens with zero attached hydrogens (tertiary/aromatic N) is 1. The second-order valence-electron chi connectivity index (χ2n) is 4.22. The van der Waals surface area contributed by atoms with Gasteiger partial charge in [-0.25, -0.2) is 0 Å². The summed E-state index contributed by atoms with van der Waals surface area (Å²) >= 11 is 0. The van der Waals surface area contributed by atoms with E-state index in [1.54, 1.807) is 12.4 Å². The van der Waals surface area contributed by atoms with Gasteiger partial charge in [-0.3, -0.25) is 4.98 Å². The molecule has 0 amide bonds. The maximum atomic E-state index is 12.0. The number of halogens is 3. The van der Waals surface area contributed by atoms with E-state index in [2.05, 4.69) is 15.0 Å². The minimum Gasteiger partial charge on any atom is -0.406 e. The monoisotopic (exact) mass is 282 g/mol. The van der Waals surface area contributed by atoms with E-state index in [0.29, 0.717) is 5.69 Å². The smallest absolute Gasteiger partial charge is 0.406 e. The standard InChI is InChI=1S/C14H13F3N2O/c1-10(11-3-2-8-18-9-11)19-12-4-6-13(7-5-12)20-14(15,16)17/h2-10,19H,1H3.